The Labute approximate surface area is 171 Å². The van der Waals surface area contributed by atoms with Crippen molar-refractivity contribution in [1.82, 2.24) is 19.7 Å². The number of H-pyrrole nitrogens is 1. The van der Waals surface area contributed by atoms with Crippen LogP contribution in [0, 0.1) is 6.92 Å². The van der Waals surface area contributed by atoms with Gasteiger partial charge in [-0.2, -0.15) is 5.10 Å². The molecule has 0 atom stereocenters. The molecule has 8 heteroatoms. The SMILES string of the molecule is Cc1nc2ccc(N(C)C(=O)c3cc(-c4ccc(Cl)c(Cl)c4)nn3C)cc2[nH]1. The number of aromatic amines is 1. The highest BCUT2D eigenvalue weighted by atomic mass is 35.5. The van der Waals surface area contributed by atoms with Gasteiger partial charge in [0, 0.05) is 25.3 Å². The summed E-state index contributed by atoms with van der Waals surface area (Å²) in [6, 6.07) is 12.7. The number of halogens is 2. The number of hydrogen-bond donors (Lipinski definition) is 1. The number of nitrogens with zero attached hydrogens (tertiary/aromatic N) is 4. The first kappa shape index (κ1) is 18.5. The number of fused-ring (bicyclic) bond motifs is 1. The number of nitrogens with one attached hydrogen (secondary N) is 1. The highest BCUT2D eigenvalue weighted by Crippen LogP contribution is 2.29. The molecule has 0 aliphatic carbocycles. The summed E-state index contributed by atoms with van der Waals surface area (Å²) in [7, 11) is 3.47. The van der Waals surface area contributed by atoms with Gasteiger partial charge in [-0.05, 0) is 43.3 Å². The lowest BCUT2D eigenvalue weighted by Gasteiger charge is -2.17. The fourth-order valence-electron chi connectivity index (χ4n) is 3.09. The molecule has 0 bridgehead atoms. The van der Waals surface area contributed by atoms with Crippen LogP contribution in [0.5, 0.6) is 0 Å². The second-order valence-corrected chi connectivity index (χ2v) is 7.37. The summed E-state index contributed by atoms with van der Waals surface area (Å²) in [5, 5.41) is 5.37. The number of aromatic nitrogens is 4. The predicted molar refractivity (Wildman–Crippen MR) is 112 cm³/mol. The Morgan fingerprint density at radius 2 is 1.89 bits per heavy atom. The zero-order chi connectivity index (χ0) is 20.0. The lowest BCUT2D eigenvalue weighted by Crippen LogP contribution is -2.28. The minimum Gasteiger partial charge on any atom is -0.342 e. The number of aryl methyl sites for hydroxylation is 2. The fraction of sp³-hybridized carbons (Fsp3) is 0.150. The Bertz CT molecular complexity index is 1210. The van der Waals surface area contributed by atoms with E-state index < -0.39 is 0 Å². The molecule has 28 heavy (non-hydrogen) atoms. The maximum absolute atomic E-state index is 13.1. The van der Waals surface area contributed by atoms with Crippen molar-refractivity contribution in [2.75, 3.05) is 11.9 Å². The van der Waals surface area contributed by atoms with Crippen LogP contribution in [0.3, 0.4) is 0 Å². The van der Waals surface area contributed by atoms with Gasteiger partial charge in [-0.3, -0.25) is 9.48 Å². The van der Waals surface area contributed by atoms with E-state index >= 15 is 0 Å². The molecule has 0 aliphatic rings. The van der Waals surface area contributed by atoms with Gasteiger partial charge < -0.3 is 9.88 Å². The van der Waals surface area contributed by atoms with Crippen molar-refractivity contribution < 1.29 is 4.79 Å². The molecule has 0 unspecified atom stereocenters. The van der Waals surface area contributed by atoms with Gasteiger partial charge >= 0.3 is 0 Å². The molecular formula is C20H17Cl2N5O. The Morgan fingerprint density at radius 1 is 1.11 bits per heavy atom. The first-order valence-corrected chi connectivity index (χ1v) is 9.33. The smallest absolute Gasteiger partial charge is 0.276 e. The summed E-state index contributed by atoms with van der Waals surface area (Å²) >= 11 is 12.1. The maximum Gasteiger partial charge on any atom is 0.276 e. The molecule has 4 aromatic rings. The van der Waals surface area contributed by atoms with Crippen LogP contribution < -0.4 is 4.90 Å². The van der Waals surface area contributed by atoms with E-state index in [1.54, 1.807) is 41.9 Å². The molecule has 0 fully saturated rings. The van der Waals surface area contributed by atoms with Crippen LogP contribution in [0.1, 0.15) is 16.3 Å². The van der Waals surface area contributed by atoms with Gasteiger partial charge in [0.1, 0.15) is 11.5 Å². The Kier molecular flexibility index (Phi) is 4.61. The van der Waals surface area contributed by atoms with E-state index in [4.69, 9.17) is 23.2 Å². The third kappa shape index (κ3) is 3.25. The van der Waals surface area contributed by atoms with Crippen LogP contribution in [0.15, 0.2) is 42.5 Å². The number of benzene rings is 2. The van der Waals surface area contributed by atoms with Gasteiger partial charge in [0.15, 0.2) is 0 Å². The number of carbonyl (C=O) groups is 1. The molecule has 142 valence electrons. The number of anilines is 1. The number of amides is 1. The molecule has 0 saturated heterocycles. The first-order valence-electron chi connectivity index (χ1n) is 8.57. The number of imidazole rings is 1. The summed E-state index contributed by atoms with van der Waals surface area (Å²) in [6.45, 7) is 1.90. The van der Waals surface area contributed by atoms with E-state index in [1.807, 2.05) is 31.2 Å². The van der Waals surface area contributed by atoms with Gasteiger partial charge in [-0.1, -0.05) is 29.3 Å². The Morgan fingerprint density at radius 3 is 2.64 bits per heavy atom. The molecule has 0 radical (unpaired) electrons. The van der Waals surface area contributed by atoms with E-state index in [9.17, 15) is 4.79 Å². The van der Waals surface area contributed by atoms with E-state index in [0.717, 1.165) is 28.1 Å². The molecule has 0 spiro atoms. The molecule has 2 aromatic carbocycles. The van der Waals surface area contributed by atoms with Crippen molar-refractivity contribution in [3.05, 3.63) is 64.0 Å². The van der Waals surface area contributed by atoms with Crippen molar-refractivity contribution in [2.24, 2.45) is 7.05 Å². The molecule has 1 amide bonds. The average Bonchev–Trinajstić information content (AvgIpc) is 3.23. The topological polar surface area (TPSA) is 66.8 Å². The predicted octanol–water partition coefficient (Wildman–Crippen LogP) is 4.86. The molecule has 4 rings (SSSR count). The van der Waals surface area contributed by atoms with Crippen molar-refractivity contribution in [1.29, 1.82) is 0 Å². The molecule has 0 saturated carbocycles. The second kappa shape index (κ2) is 6.96. The van der Waals surface area contributed by atoms with Crippen molar-refractivity contribution >= 4 is 45.8 Å². The highest BCUT2D eigenvalue weighted by molar-refractivity contribution is 6.42. The van der Waals surface area contributed by atoms with E-state index in [2.05, 4.69) is 15.1 Å². The third-order valence-corrected chi connectivity index (χ3v) is 5.33. The zero-order valence-electron chi connectivity index (χ0n) is 15.5. The van der Waals surface area contributed by atoms with Crippen LogP contribution in [0.25, 0.3) is 22.3 Å². The summed E-state index contributed by atoms with van der Waals surface area (Å²) in [5.41, 5.74) is 4.42. The van der Waals surface area contributed by atoms with Gasteiger partial charge in [0.25, 0.3) is 5.91 Å². The maximum atomic E-state index is 13.1. The monoisotopic (exact) mass is 413 g/mol. The Hall–Kier alpha value is -2.83. The summed E-state index contributed by atoms with van der Waals surface area (Å²) in [6.07, 6.45) is 0. The van der Waals surface area contributed by atoms with Gasteiger partial charge in [-0.25, -0.2) is 4.98 Å². The zero-order valence-corrected chi connectivity index (χ0v) is 17.0. The fourth-order valence-corrected chi connectivity index (χ4v) is 3.38. The lowest BCUT2D eigenvalue weighted by molar-refractivity contribution is 0.0984. The minimum absolute atomic E-state index is 0.170. The number of rotatable bonds is 3. The lowest BCUT2D eigenvalue weighted by atomic mass is 10.1. The normalized spacial score (nSPS) is 11.2. The summed E-state index contributed by atoms with van der Waals surface area (Å²) in [4.78, 5) is 22.2. The van der Waals surface area contributed by atoms with E-state index in [0.29, 0.717) is 21.4 Å². The summed E-state index contributed by atoms with van der Waals surface area (Å²) in [5.74, 6) is 0.663. The van der Waals surface area contributed by atoms with Crippen molar-refractivity contribution in [3.8, 4) is 11.3 Å². The molecular weight excluding hydrogens is 397 g/mol. The second-order valence-electron chi connectivity index (χ2n) is 6.56. The van der Waals surface area contributed by atoms with Crippen LogP contribution in [0.2, 0.25) is 10.0 Å². The molecule has 1 N–H and O–H groups in total. The van der Waals surface area contributed by atoms with Gasteiger partial charge in [-0.15, -0.1) is 0 Å². The minimum atomic E-state index is -0.170. The quantitative estimate of drug-likeness (QED) is 0.521. The van der Waals surface area contributed by atoms with Gasteiger partial charge in [0.2, 0.25) is 0 Å². The van der Waals surface area contributed by atoms with E-state index in [-0.39, 0.29) is 5.91 Å². The molecule has 2 heterocycles. The van der Waals surface area contributed by atoms with Crippen molar-refractivity contribution in [2.45, 2.75) is 6.92 Å². The largest absolute Gasteiger partial charge is 0.342 e. The van der Waals surface area contributed by atoms with Crippen LogP contribution in [-0.4, -0.2) is 32.7 Å². The van der Waals surface area contributed by atoms with Crippen LogP contribution in [0.4, 0.5) is 5.69 Å². The summed E-state index contributed by atoms with van der Waals surface area (Å²) < 4.78 is 1.57. The van der Waals surface area contributed by atoms with Crippen LogP contribution in [-0.2, 0) is 7.05 Å². The van der Waals surface area contributed by atoms with Gasteiger partial charge in [0.05, 0.1) is 26.8 Å². The standard InChI is InChI=1S/C20H17Cl2N5O/c1-11-23-16-7-5-13(9-18(16)24-11)26(2)20(28)19-10-17(25-27(19)3)12-4-6-14(21)15(22)8-12/h4-10H,1-3H3,(H,23,24). The number of hydrogen-bond acceptors (Lipinski definition) is 3. The highest BCUT2D eigenvalue weighted by Gasteiger charge is 2.20. The first-order chi connectivity index (χ1) is 13.3. The molecule has 2 aromatic heterocycles. The average molecular weight is 414 g/mol. The van der Waals surface area contributed by atoms with Crippen LogP contribution >= 0.6 is 23.2 Å². The van der Waals surface area contributed by atoms with Crippen molar-refractivity contribution in [3.63, 3.8) is 0 Å². The third-order valence-electron chi connectivity index (χ3n) is 4.59. The molecule has 0 aliphatic heterocycles. The Balaban J connectivity index is 1.66. The molecule has 6 nitrogen and oxygen atoms in total. The number of carbonyl (C=O) groups excluding carboxylic acids is 1. The van der Waals surface area contributed by atoms with E-state index in [1.165, 1.54) is 0 Å².